The molecule has 5 rings (SSSR count). The number of nitrogen functional groups attached to an aromatic ring is 1. The standard InChI is InChI=1S/C26H34N6O2/c1-18-17-34-24(21-6-7-25(27)28-14-21)16-32(18)11-10-31-9-8-19(15-31)13-29-26(33)23-12-20-4-2-3-5-22(20)30-23/h2-7,12,14,18-19,24,30H,8-11,13,15-17H2,1H3,(H2,27,28)(H,29,33)/t18-,19?,24+/m0/s1. The predicted molar refractivity (Wildman–Crippen MR) is 134 cm³/mol. The van der Waals surface area contributed by atoms with Crippen molar-refractivity contribution in [2.75, 3.05) is 51.6 Å². The van der Waals surface area contributed by atoms with Gasteiger partial charge in [-0.15, -0.1) is 0 Å². The van der Waals surface area contributed by atoms with E-state index in [0.717, 1.165) is 62.2 Å². The number of hydrogen-bond acceptors (Lipinski definition) is 6. The Balaban J connectivity index is 1.07. The number of fused-ring (bicyclic) bond motifs is 1. The van der Waals surface area contributed by atoms with E-state index in [2.05, 4.69) is 32.0 Å². The second-order valence-electron chi connectivity index (χ2n) is 9.62. The Kier molecular flexibility index (Phi) is 6.80. The first-order valence-corrected chi connectivity index (χ1v) is 12.2. The molecule has 180 valence electrons. The van der Waals surface area contributed by atoms with Gasteiger partial charge in [0.2, 0.25) is 0 Å². The maximum Gasteiger partial charge on any atom is 0.267 e. The number of hydrogen-bond donors (Lipinski definition) is 3. The van der Waals surface area contributed by atoms with Crippen molar-refractivity contribution in [1.29, 1.82) is 0 Å². The van der Waals surface area contributed by atoms with E-state index in [1.807, 2.05) is 48.7 Å². The van der Waals surface area contributed by atoms with Gasteiger partial charge in [-0.2, -0.15) is 0 Å². The first-order chi connectivity index (χ1) is 16.5. The largest absolute Gasteiger partial charge is 0.384 e. The van der Waals surface area contributed by atoms with E-state index in [1.165, 1.54) is 0 Å². The minimum absolute atomic E-state index is 0.0278. The summed E-state index contributed by atoms with van der Waals surface area (Å²) in [6.07, 6.45) is 2.98. The van der Waals surface area contributed by atoms with Gasteiger partial charge < -0.3 is 25.7 Å². The molecule has 1 unspecified atom stereocenters. The highest BCUT2D eigenvalue weighted by molar-refractivity contribution is 5.97. The first-order valence-electron chi connectivity index (χ1n) is 12.2. The zero-order chi connectivity index (χ0) is 23.5. The summed E-state index contributed by atoms with van der Waals surface area (Å²) in [5.74, 6) is 0.995. The predicted octanol–water partition coefficient (Wildman–Crippen LogP) is 2.66. The third-order valence-electron chi connectivity index (χ3n) is 7.14. The number of aromatic amines is 1. The van der Waals surface area contributed by atoms with Gasteiger partial charge in [0.1, 0.15) is 11.5 Å². The summed E-state index contributed by atoms with van der Waals surface area (Å²) >= 11 is 0. The van der Waals surface area contributed by atoms with Crippen molar-refractivity contribution in [3.63, 3.8) is 0 Å². The molecule has 0 spiro atoms. The van der Waals surface area contributed by atoms with Crippen LogP contribution in [0.2, 0.25) is 0 Å². The third kappa shape index (κ3) is 5.24. The van der Waals surface area contributed by atoms with Crippen LogP contribution >= 0.6 is 0 Å². The molecule has 0 bridgehead atoms. The number of morpholine rings is 1. The Bertz CT molecular complexity index is 1080. The number of carbonyl (C=O) groups is 1. The van der Waals surface area contributed by atoms with E-state index >= 15 is 0 Å². The average molecular weight is 463 g/mol. The number of aromatic nitrogens is 2. The average Bonchev–Trinajstić information content (AvgIpc) is 3.49. The number of pyridine rings is 1. The molecule has 4 heterocycles. The fraction of sp³-hybridized carbons (Fsp3) is 0.462. The quantitative estimate of drug-likeness (QED) is 0.499. The maximum atomic E-state index is 12.6. The number of amides is 1. The third-order valence-corrected chi connectivity index (χ3v) is 7.14. The number of nitrogens with two attached hydrogens (primary N) is 1. The van der Waals surface area contributed by atoms with Crippen molar-refractivity contribution in [2.45, 2.75) is 25.5 Å². The number of ether oxygens (including phenoxy) is 1. The molecular formula is C26H34N6O2. The molecule has 8 heteroatoms. The van der Waals surface area contributed by atoms with Gasteiger partial charge in [0.15, 0.2) is 0 Å². The summed E-state index contributed by atoms with van der Waals surface area (Å²) in [5.41, 5.74) is 8.43. The fourth-order valence-electron chi connectivity index (χ4n) is 5.01. The highest BCUT2D eigenvalue weighted by Gasteiger charge is 2.29. The Morgan fingerprint density at radius 1 is 1.24 bits per heavy atom. The minimum atomic E-state index is -0.0278. The van der Waals surface area contributed by atoms with Crippen molar-refractivity contribution in [3.8, 4) is 0 Å². The molecule has 2 saturated heterocycles. The van der Waals surface area contributed by atoms with Crippen LogP contribution in [0.25, 0.3) is 10.9 Å². The summed E-state index contributed by atoms with van der Waals surface area (Å²) in [5, 5.41) is 4.19. The van der Waals surface area contributed by atoms with Gasteiger partial charge in [0.05, 0.1) is 12.7 Å². The van der Waals surface area contributed by atoms with Crippen LogP contribution in [0.5, 0.6) is 0 Å². The van der Waals surface area contributed by atoms with Crippen LogP contribution in [-0.2, 0) is 4.74 Å². The molecule has 2 aliphatic rings. The van der Waals surface area contributed by atoms with Gasteiger partial charge >= 0.3 is 0 Å². The molecule has 0 aliphatic carbocycles. The lowest BCUT2D eigenvalue weighted by Gasteiger charge is -2.38. The van der Waals surface area contributed by atoms with Gasteiger partial charge in [-0.25, -0.2) is 4.98 Å². The monoisotopic (exact) mass is 462 g/mol. The smallest absolute Gasteiger partial charge is 0.267 e. The number of carbonyl (C=O) groups excluding carboxylic acids is 1. The summed E-state index contributed by atoms with van der Waals surface area (Å²) in [4.78, 5) is 25.1. The van der Waals surface area contributed by atoms with Crippen molar-refractivity contribution >= 4 is 22.6 Å². The molecular weight excluding hydrogens is 428 g/mol. The lowest BCUT2D eigenvalue weighted by molar-refractivity contribution is -0.0616. The Morgan fingerprint density at radius 3 is 2.94 bits per heavy atom. The molecule has 2 aromatic heterocycles. The zero-order valence-electron chi connectivity index (χ0n) is 19.7. The molecule has 8 nitrogen and oxygen atoms in total. The van der Waals surface area contributed by atoms with Crippen molar-refractivity contribution in [1.82, 2.24) is 25.1 Å². The molecule has 0 radical (unpaired) electrons. The summed E-state index contributed by atoms with van der Waals surface area (Å²) in [6.45, 7) is 8.67. The number of likely N-dealkylation sites (tertiary alicyclic amines) is 1. The molecule has 3 aromatic rings. The molecule has 1 amide bonds. The van der Waals surface area contributed by atoms with E-state index in [-0.39, 0.29) is 12.0 Å². The van der Waals surface area contributed by atoms with Crippen LogP contribution in [0.3, 0.4) is 0 Å². The topological polar surface area (TPSA) is 99.5 Å². The van der Waals surface area contributed by atoms with Gasteiger partial charge in [0, 0.05) is 61.4 Å². The molecule has 2 aliphatic heterocycles. The Hall–Kier alpha value is -2.94. The van der Waals surface area contributed by atoms with Crippen LogP contribution in [0.4, 0.5) is 5.82 Å². The van der Waals surface area contributed by atoms with Crippen molar-refractivity contribution < 1.29 is 9.53 Å². The SMILES string of the molecule is C[C@H]1CO[C@@H](c2ccc(N)nc2)CN1CCN1CCC(CNC(=O)c2cc3ccccc3[nH]2)C1. The number of rotatable bonds is 7. The summed E-state index contributed by atoms with van der Waals surface area (Å²) in [7, 11) is 0. The van der Waals surface area contributed by atoms with Crippen molar-refractivity contribution in [2.24, 2.45) is 5.92 Å². The molecule has 1 aromatic carbocycles. The number of H-pyrrole nitrogens is 1. The fourth-order valence-corrected chi connectivity index (χ4v) is 5.01. The summed E-state index contributed by atoms with van der Waals surface area (Å²) < 4.78 is 6.07. The van der Waals surface area contributed by atoms with Crippen LogP contribution in [0, 0.1) is 5.92 Å². The number of nitrogens with zero attached hydrogens (tertiary/aromatic N) is 3. The highest BCUT2D eigenvalue weighted by Crippen LogP contribution is 2.25. The van der Waals surface area contributed by atoms with E-state index in [0.29, 0.717) is 30.0 Å². The minimum Gasteiger partial charge on any atom is -0.384 e. The van der Waals surface area contributed by atoms with Crippen LogP contribution in [-0.4, -0.2) is 77.6 Å². The molecule has 4 N–H and O–H groups in total. The zero-order valence-corrected chi connectivity index (χ0v) is 19.7. The highest BCUT2D eigenvalue weighted by atomic mass is 16.5. The summed E-state index contributed by atoms with van der Waals surface area (Å²) in [6, 6.07) is 14.1. The number of nitrogens with one attached hydrogen (secondary N) is 2. The Labute approximate surface area is 200 Å². The van der Waals surface area contributed by atoms with E-state index in [4.69, 9.17) is 10.5 Å². The lowest BCUT2D eigenvalue weighted by Crippen LogP contribution is -2.47. The molecule has 2 fully saturated rings. The number of para-hydroxylation sites is 1. The molecule has 0 saturated carbocycles. The Morgan fingerprint density at radius 2 is 2.12 bits per heavy atom. The first kappa shape index (κ1) is 22.8. The van der Waals surface area contributed by atoms with Crippen molar-refractivity contribution in [3.05, 3.63) is 59.9 Å². The molecule has 3 atom stereocenters. The maximum absolute atomic E-state index is 12.6. The van der Waals surface area contributed by atoms with Gasteiger partial charge in [0.25, 0.3) is 5.91 Å². The van der Waals surface area contributed by atoms with E-state index in [9.17, 15) is 4.79 Å². The lowest BCUT2D eigenvalue weighted by atomic mass is 10.1. The van der Waals surface area contributed by atoms with Gasteiger partial charge in [-0.3, -0.25) is 9.69 Å². The van der Waals surface area contributed by atoms with Crippen LogP contribution in [0.1, 0.15) is 35.5 Å². The van der Waals surface area contributed by atoms with E-state index < -0.39 is 0 Å². The second kappa shape index (κ2) is 10.1. The number of anilines is 1. The normalized spacial score (nSPS) is 24.0. The van der Waals surface area contributed by atoms with E-state index in [1.54, 1.807) is 0 Å². The van der Waals surface area contributed by atoms with Gasteiger partial charge in [-0.1, -0.05) is 24.3 Å². The second-order valence-corrected chi connectivity index (χ2v) is 9.62. The molecule has 34 heavy (non-hydrogen) atoms. The van der Waals surface area contributed by atoms with Crippen LogP contribution in [0.15, 0.2) is 48.7 Å². The number of benzene rings is 1. The van der Waals surface area contributed by atoms with Gasteiger partial charge in [-0.05, 0) is 44.0 Å². The van der Waals surface area contributed by atoms with Crippen LogP contribution < -0.4 is 11.1 Å².